The average Bonchev–Trinajstić information content (AvgIpc) is 2.71. The Balaban J connectivity index is 2.32. The SMILES string of the molecule is c1cc2c(s1)-c1sccc1SS2. The summed E-state index contributed by atoms with van der Waals surface area (Å²) in [5, 5.41) is 4.35. The lowest BCUT2D eigenvalue weighted by atomic mass is 10.4. The predicted octanol–water partition coefficient (Wildman–Crippen LogP) is 4.59. The Hall–Kier alpha value is 0.1000. The van der Waals surface area contributed by atoms with Gasteiger partial charge in [-0.25, -0.2) is 0 Å². The summed E-state index contributed by atoms with van der Waals surface area (Å²) in [4.78, 5) is 5.78. The molecule has 3 rings (SSSR count). The van der Waals surface area contributed by atoms with Crippen LogP contribution in [-0.4, -0.2) is 0 Å². The molecule has 12 heavy (non-hydrogen) atoms. The quantitative estimate of drug-likeness (QED) is 0.605. The molecule has 0 radical (unpaired) electrons. The van der Waals surface area contributed by atoms with Gasteiger partial charge in [0.1, 0.15) is 0 Å². The van der Waals surface area contributed by atoms with E-state index in [0.717, 1.165) is 0 Å². The van der Waals surface area contributed by atoms with Crippen LogP contribution in [0.1, 0.15) is 0 Å². The van der Waals surface area contributed by atoms with Crippen molar-refractivity contribution in [2.45, 2.75) is 9.79 Å². The highest BCUT2D eigenvalue weighted by atomic mass is 33.1. The smallest absolute Gasteiger partial charge is 0.0598 e. The third kappa shape index (κ3) is 0.988. The third-order valence-electron chi connectivity index (χ3n) is 1.69. The van der Waals surface area contributed by atoms with Gasteiger partial charge in [0, 0.05) is 9.79 Å². The van der Waals surface area contributed by atoms with Gasteiger partial charge in [-0.15, -0.1) is 22.7 Å². The lowest BCUT2D eigenvalue weighted by Gasteiger charge is -2.08. The molecule has 0 N–H and O–H groups in total. The molecule has 0 saturated heterocycles. The first-order chi connectivity index (χ1) is 5.95. The molecular weight excluding hydrogens is 224 g/mol. The summed E-state index contributed by atoms with van der Waals surface area (Å²) in [6.07, 6.45) is 0. The summed E-state index contributed by atoms with van der Waals surface area (Å²) >= 11 is 3.70. The Morgan fingerprint density at radius 1 is 0.750 bits per heavy atom. The summed E-state index contributed by atoms with van der Waals surface area (Å²) in [5.41, 5.74) is 0. The second-order valence-corrected chi connectivity index (χ2v) is 6.44. The van der Waals surface area contributed by atoms with Crippen molar-refractivity contribution in [3.63, 3.8) is 0 Å². The lowest BCUT2D eigenvalue weighted by molar-refractivity contribution is 1.52. The van der Waals surface area contributed by atoms with Crippen LogP contribution in [0.2, 0.25) is 0 Å². The maximum Gasteiger partial charge on any atom is 0.0598 e. The molecule has 0 nitrogen and oxygen atoms in total. The fourth-order valence-corrected chi connectivity index (χ4v) is 6.23. The van der Waals surface area contributed by atoms with E-state index in [1.54, 1.807) is 0 Å². The Morgan fingerprint density at radius 2 is 1.25 bits per heavy atom. The second-order valence-electron chi connectivity index (χ2n) is 2.39. The molecular formula is C8H4S4. The minimum absolute atomic E-state index is 1.43. The van der Waals surface area contributed by atoms with E-state index in [9.17, 15) is 0 Å². The van der Waals surface area contributed by atoms with Crippen LogP contribution in [-0.2, 0) is 0 Å². The first kappa shape index (κ1) is 7.50. The molecule has 0 aromatic carbocycles. The van der Waals surface area contributed by atoms with Crippen molar-refractivity contribution >= 4 is 44.3 Å². The van der Waals surface area contributed by atoms with Gasteiger partial charge < -0.3 is 0 Å². The number of thiophene rings is 2. The van der Waals surface area contributed by atoms with Crippen molar-refractivity contribution in [1.29, 1.82) is 0 Å². The van der Waals surface area contributed by atoms with Gasteiger partial charge in [-0.1, -0.05) is 21.6 Å². The van der Waals surface area contributed by atoms with Gasteiger partial charge in [0.2, 0.25) is 0 Å². The van der Waals surface area contributed by atoms with Crippen LogP contribution < -0.4 is 0 Å². The van der Waals surface area contributed by atoms with Crippen LogP contribution in [0, 0.1) is 0 Å². The molecule has 0 saturated carbocycles. The lowest BCUT2D eigenvalue weighted by Crippen LogP contribution is -1.76. The third-order valence-corrected chi connectivity index (χ3v) is 6.39. The molecule has 60 valence electrons. The topological polar surface area (TPSA) is 0 Å². The first-order valence-corrected chi connectivity index (χ1v) is 7.36. The Bertz CT molecular complexity index is 372. The van der Waals surface area contributed by atoms with Crippen LogP contribution in [0.25, 0.3) is 9.75 Å². The number of fused-ring (bicyclic) bond motifs is 3. The van der Waals surface area contributed by atoms with Crippen LogP contribution >= 0.6 is 44.3 Å². The van der Waals surface area contributed by atoms with Crippen molar-refractivity contribution in [1.82, 2.24) is 0 Å². The molecule has 0 atom stereocenters. The van der Waals surface area contributed by atoms with E-state index in [1.807, 2.05) is 44.3 Å². The average molecular weight is 228 g/mol. The molecule has 1 aliphatic rings. The molecule has 0 fully saturated rings. The van der Waals surface area contributed by atoms with Crippen LogP contribution in [0.3, 0.4) is 0 Å². The van der Waals surface area contributed by atoms with Gasteiger partial charge in [-0.2, -0.15) is 0 Å². The van der Waals surface area contributed by atoms with Crippen molar-refractivity contribution < 1.29 is 0 Å². The van der Waals surface area contributed by atoms with E-state index in [2.05, 4.69) is 22.9 Å². The normalized spacial score (nSPS) is 14.0. The van der Waals surface area contributed by atoms with E-state index in [0.29, 0.717) is 0 Å². The molecule has 0 spiro atoms. The van der Waals surface area contributed by atoms with Gasteiger partial charge in [0.25, 0.3) is 0 Å². The summed E-state index contributed by atoms with van der Waals surface area (Å²) in [7, 11) is 3.75. The summed E-state index contributed by atoms with van der Waals surface area (Å²) in [6, 6.07) is 4.42. The zero-order valence-electron chi connectivity index (χ0n) is 5.94. The van der Waals surface area contributed by atoms with E-state index in [1.165, 1.54) is 19.5 Å². The standard InChI is InChI=1S/C8H4S4/c1-3-9-7-5(1)11-12-6-2-4-10-8(6)7/h1-4H. The van der Waals surface area contributed by atoms with E-state index in [4.69, 9.17) is 0 Å². The largest absolute Gasteiger partial charge is 0.142 e. The van der Waals surface area contributed by atoms with Crippen molar-refractivity contribution in [2.24, 2.45) is 0 Å². The number of hydrogen-bond acceptors (Lipinski definition) is 4. The predicted molar refractivity (Wildman–Crippen MR) is 59.3 cm³/mol. The van der Waals surface area contributed by atoms with Gasteiger partial charge in [-0.3, -0.25) is 0 Å². The maximum atomic E-state index is 2.21. The number of hydrogen-bond donors (Lipinski definition) is 0. The monoisotopic (exact) mass is 228 g/mol. The molecule has 0 unspecified atom stereocenters. The van der Waals surface area contributed by atoms with E-state index >= 15 is 0 Å². The van der Waals surface area contributed by atoms with Gasteiger partial charge in [0.05, 0.1) is 9.75 Å². The Kier molecular flexibility index (Phi) is 1.75. The van der Waals surface area contributed by atoms with Gasteiger partial charge >= 0.3 is 0 Å². The van der Waals surface area contributed by atoms with E-state index < -0.39 is 0 Å². The zero-order valence-corrected chi connectivity index (χ0v) is 9.21. The summed E-state index contributed by atoms with van der Waals surface area (Å²) in [5.74, 6) is 0. The second kappa shape index (κ2) is 2.80. The Labute approximate surface area is 86.4 Å². The highest BCUT2D eigenvalue weighted by molar-refractivity contribution is 8.77. The number of rotatable bonds is 0. The maximum absolute atomic E-state index is 2.21. The van der Waals surface area contributed by atoms with Crippen LogP contribution in [0.15, 0.2) is 32.7 Å². The van der Waals surface area contributed by atoms with Gasteiger partial charge in [-0.05, 0) is 22.9 Å². The van der Waals surface area contributed by atoms with Crippen LogP contribution in [0.5, 0.6) is 0 Å². The minimum atomic E-state index is 1.43. The fourth-order valence-electron chi connectivity index (χ4n) is 1.15. The van der Waals surface area contributed by atoms with Gasteiger partial charge in [0.15, 0.2) is 0 Å². The van der Waals surface area contributed by atoms with Crippen molar-refractivity contribution in [3.05, 3.63) is 22.9 Å². The fraction of sp³-hybridized carbons (Fsp3) is 0. The molecule has 2 aromatic heterocycles. The zero-order chi connectivity index (χ0) is 7.97. The highest BCUT2D eigenvalue weighted by Gasteiger charge is 2.19. The highest BCUT2D eigenvalue weighted by Crippen LogP contribution is 2.54. The minimum Gasteiger partial charge on any atom is -0.142 e. The molecule has 4 heteroatoms. The molecule has 0 aliphatic carbocycles. The molecule has 3 heterocycles. The molecule has 2 aromatic rings. The molecule has 0 amide bonds. The summed E-state index contributed by atoms with van der Waals surface area (Å²) in [6.45, 7) is 0. The first-order valence-electron chi connectivity index (χ1n) is 3.45. The van der Waals surface area contributed by atoms with Crippen LogP contribution in [0.4, 0.5) is 0 Å². The Morgan fingerprint density at radius 3 is 1.75 bits per heavy atom. The van der Waals surface area contributed by atoms with Crippen molar-refractivity contribution in [3.8, 4) is 9.75 Å². The molecule has 0 bridgehead atoms. The van der Waals surface area contributed by atoms with E-state index in [-0.39, 0.29) is 0 Å². The van der Waals surface area contributed by atoms with Crippen molar-refractivity contribution in [2.75, 3.05) is 0 Å². The summed E-state index contributed by atoms with van der Waals surface area (Å²) < 4.78 is 0. The molecule has 1 aliphatic heterocycles.